The normalized spacial score (nSPS) is 24.6. The van der Waals surface area contributed by atoms with Gasteiger partial charge in [0, 0.05) is 31.0 Å². The van der Waals surface area contributed by atoms with Crippen LogP contribution >= 0.6 is 0 Å². The van der Waals surface area contributed by atoms with Crippen molar-refractivity contribution in [1.29, 1.82) is 0 Å². The van der Waals surface area contributed by atoms with Crippen LogP contribution in [0.1, 0.15) is 39.5 Å². The molecule has 2 aliphatic rings. The number of amides is 2. The Morgan fingerprint density at radius 2 is 1.88 bits per heavy atom. The van der Waals surface area contributed by atoms with Gasteiger partial charge in [0.2, 0.25) is 0 Å². The van der Waals surface area contributed by atoms with Crippen molar-refractivity contribution in [3.05, 3.63) is 53.3 Å². The molecule has 4 atom stereocenters. The summed E-state index contributed by atoms with van der Waals surface area (Å²) in [5, 5.41) is 10.0. The van der Waals surface area contributed by atoms with Gasteiger partial charge in [0.25, 0.3) is 11.8 Å². The summed E-state index contributed by atoms with van der Waals surface area (Å²) < 4.78 is 7.00. The molecule has 26 heavy (non-hydrogen) atoms. The van der Waals surface area contributed by atoms with Gasteiger partial charge in [-0.3, -0.25) is 14.3 Å². The van der Waals surface area contributed by atoms with Crippen LogP contribution in [0.4, 0.5) is 0 Å². The third-order valence-electron chi connectivity index (χ3n) is 5.33. The lowest BCUT2D eigenvalue weighted by molar-refractivity contribution is 0.0915. The van der Waals surface area contributed by atoms with Crippen molar-refractivity contribution in [1.82, 2.24) is 20.4 Å². The van der Waals surface area contributed by atoms with E-state index in [9.17, 15) is 9.59 Å². The zero-order chi connectivity index (χ0) is 18.3. The second-order valence-electron chi connectivity index (χ2n) is 6.89. The Morgan fingerprint density at radius 1 is 1.19 bits per heavy atom. The van der Waals surface area contributed by atoms with E-state index in [1.54, 1.807) is 17.8 Å². The first kappa shape index (κ1) is 16.8. The van der Waals surface area contributed by atoms with Gasteiger partial charge >= 0.3 is 0 Å². The number of nitrogens with one attached hydrogen (secondary N) is 2. The molecule has 2 fully saturated rings. The van der Waals surface area contributed by atoms with Crippen LogP contribution in [0, 0.1) is 11.8 Å². The van der Waals surface area contributed by atoms with Crippen LogP contribution in [0.2, 0.25) is 0 Å². The summed E-state index contributed by atoms with van der Waals surface area (Å²) >= 11 is 0. The SMILES string of the molecule is CNC(=O)c1cc(C(=O)N[C@H]2[C@@H]3COC[C@@H]32)n([C@H](C)c2ccccc2)n1. The number of benzene rings is 1. The number of carbonyl (C=O) groups excluding carboxylic acids is 2. The highest BCUT2D eigenvalue weighted by Crippen LogP contribution is 2.44. The van der Waals surface area contributed by atoms with Crippen molar-refractivity contribution in [2.45, 2.75) is 19.0 Å². The minimum absolute atomic E-state index is 0.162. The molecule has 1 aliphatic carbocycles. The van der Waals surface area contributed by atoms with Crippen LogP contribution in [0.25, 0.3) is 0 Å². The van der Waals surface area contributed by atoms with Crippen molar-refractivity contribution in [3.8, 4) is 0 Å². The van der Waals surface area contributed by atoms with Gasteiger partial charge in [-0.15, -0.1) is 0 Å². The lowest BCUT2D eigenvalue weighted by atomic mass is 10.1. The predicted octanol–water partition coefficient (Wildman–Crippen LogP) is 1.23. The van der Waals surface area contributed by atoms with Crippen LogP contribution in [-0.4, -0.2) is 47.9 Å². The minimum atomic E-state index is -0.310. The smallest absolute Gasteiger partial charge is 0.271 e. The van der Waals surface area contributed by atoms with E-state index < -0.39 is 0 Å². The van der Waals surface area contributed by atoms with E-state index in [0.29, 0.717) is 30.7 Å². The van der Waals surface area contributed by atoms with Crippen molar-refractivity contribution in [3.63, 3.8) is 0 Å². The van der Waals surface area contributed by atoms with E-state index in [2.05, 4.69) is 15.7 Å². The lowest BCUT2D eigenvalue weighted by Gasteiger charge is -2.16. The molecule has 0 spiro atoms. The largest absolute Gasteiger partial charge is 0.381 e. The van der Waals surface area contributed by atoms with Crippen molar-refractivity contribution in [2.24, 2.45) is 11.8 Å². The highest BCUT2D eigenvalue weighted by Gasteiger charge is 2.55. The van der Waals surface area contributed by atoms with Gasteiger partial charge in [0.1, 0.15) is 5.69 Å². The highest BCUT2D eigenvalue weighted by atomic mass is 16.5. The molecule has 0 radical (unpaired) electrons. The Hall–Kier alpha value is -2.67. The first-order chi connectivity index (χ1) is 12.6. The molecule has 1 saturated carbocycles. The highest BCUT2D eigenvalue weighted by molar-refractivity contribution is 5.98. The van der Waals surface area contributed by atoms with Crippen molar-refractivity contribution < 1.29 is 14.3 Å². The molecule has 2 heterocycles. The second-order valence-corrected chi connectivity index (χ2v) is 6.89. The van der Waals surface area contributed by atoms with Gasteiger partial charge in [-0.1, -0.05) is 30.3 Å². The second kappa shape index (κ2) is 6.57. The first-order valence-corrected chi connectivity index (χ1v) is 8.85. The van der Waals surface area contributed by atoms with E-state index in [1.807, 2.05) is 37.3 Å². The molecule has 7 nitrogen and oxygen atoms in total. The minimum Gasteiger partial charge on any atom is -0.381 e. The molecular formula is C19H22N4O3. The average Bonchev–Trinajstić information content (AvgIpc) is 3.07. The molecule has 1 saturated heterocycles. The molecular weight excluding hydrogens is 332 g/mol. The summed E-state index contributed by atoms with van der Waals surface area (Å²) in [5.41, 5.74) is 1.65. The summed E-state index contributed by atoms with van der Waals surface area (Å²) in [6.07, 6.45) is 0. The van der Waals surface area contributed by atoms with Gasteiger partial charge < -0.3 is 15.4 Å². The molecule has 1 aromatic heterocycles. The summed E-state index contributed by atoms with van der Waals surface area (Å²) in [6.45, 7) is 3.38. The zero-order valence-electron chi connectivity index (χ0n) is 14.8. The summed E-state index contributed by atoms with van der Waals surface area (Å²) in [6, 6.07) is 11.3. The average molecular weight is 354 g/mol. The fourth-order valence-electron chi connectivity index (χ4n) is 3.65. The molecule has 2 aromatic rings. The maximum absolute atomic E-state index is 12.9. The number of ether oxygens (including phenoxy) is 1. The fourth-order valence-corrected chi connectivity index (χ4v) is 3.65. The molecule has 136 valence electrons. The number of aromatic nitrogens is 2. The Balaban J connectivity index is 1.62. The monoisotopic (exact) mass is 354 g/mol. The van der Waals surface area contributed by atoms with E-state index in [-0.39, 0.29) is 29.6 Å². The number of fused-ring (bicyclic) bond motifs is 1. The zero-order valence-corrected chi connectivity index (χ0v) is 14.8. The van der Waals surface area contributed by atoms with E-state index in [1.165, 1.54) is 0 Å². The molecule has 4 rings (SSSR count). The van der Waals surface area contributed by atoms with Gasteiger partial charge in [-0.05, 0) is 12.5 Å². The van der Waals surface area contributed by atoms with E-state index >= 15 is 0 Å². The van der Waals surface area contributed by atoms with E-state index in [4.69, 9.17) is 4.74 Å². The van der Waals surface area contributed by atoms with Crippen LogP contribution < -0.4 is 10.6 Å². The van der Waals surface area contributed by atoms with Crippen LogP contribution in [-0.2, 0) is 4.74 Å². The summed E-state index contributed by atoms with van der Waals surface area (Å²) in [4.78, 5) is 24.9. The molecule has 2 amide bonds. The van der Waals surface area contributed by atoms with Gasteiger partial charge in [-0.2, -0.15) is 5.10 Å². The van der Waals surface area contributed by atoms with E-state index in [0.717, 1.165) is 5.56 Å². The standard InChI is InChI=1S/C19H22N4O3/c1-11(12-6-4-3-5-7-12)23-16(8-15(22-23)18(24)20-2)19(25)21-17-13-9-26-10-14(13)17/h3-8,11,13-14,17H,9-10H2,1-2H3,(H,20,24)(H,21,25)/t11-,13-,14+,17+/m1/s1. The van der Waals surface area contributed by atoms with Gasteiger partial charge in [0.15, 0.2) is 5.69 Å². The predicted molar refractivity (Wildman–Crippen MR) is 94.9 cm³/mol. The van der Waals surface area contributed by atoms with Crippen molar-refractivity contribution in [2.75, 3.05) is 20.3 Å². The van der Waals surface area contributed by atoms with Crippen LogP contribution in [0.5, 0.6) is 0 Å². The lowest BCUT2D eigenvalue weighted by Crippen LogP contribution is -2.32. The van der Waals surface area contributed by atoms with Crippen LogP contribution in [0.3, 0.4) is 0 Å². The third-order valence-corrected chi connectivity index (χ3v) is 5.33. The maximum atomic E-state index is 12.9. The molecule has 0 unspecified atom stereocenters. The number of nitrogens with zero attached hydrogens (tertiary/aromatic N) is 2. The molecule has 2 N–H and O–H groups in total. The van der Waals surface area contributed by atoms with Gasteiger partial charge in [-0.25, -0.2) is 0 Å². The molecule has 7 heteroatoms. The van der Waals surface area contributed by atoms with Gasteiger partial charge in [0.05, 0.1) is 19.3 Å². The Bertz CT molecular complexity index is 823. The maximum Gasteiger partial charge on any atom is 0.271 e. The first-order valence-electron chi connectivity index (χ1n) is 8.85. The number of carbonyl (C=O) groups is 2. The number of hydrogen-bond donors (Lipinski definition) is 2. The molecule has 1 aliphatic heterocycles. The summed E-state index contributed by atoms with van der Waals surface area (Å²) in [7, 11) is 1.55. The Morgan fingerprint density at radius 3 is 2.54 bits per heavy atom. The molecule has 1 aromatic carbocycles. The quantitative estimate of drug-likeness (QED) is 0.846. The Labute approximate surface area is 151 Å². The topological polar surface area (TPSA) is 85.3 Å². The fraction of sp³-hybridized carbons (Fsp3) is 0.421. The Kier molecular flexibility index (Phi) is 4.24. The van der Waals surface area contributed by atoms with Crippen LogP contribution in [0.15, 0.2) is 36.4 Å². The molecule has 0 bridgehead atoms. The number of hydrogen-bond acceptors (Lipinski definition) is 4. The summed E-state index contributed by atoms with van der Waals surface area (Å²) in [5.74, 6) is 0.324. The van der Waals surface area contributed by atoms with Crippen molar-refractivity contribution >= 4 is 11.8 Å². The number of rotatable bonds is 5. The third kappa shape index (κ3) is 2.88.